The molecule has 1 N–H and O–H groups in total. The predicted octanol–water partition coefficient (Wildman–Crippen LogP) is -1.60. The Labute approximate surface area is 132 Å². The summed E-state index contributed by atoms with van der Waals surface area (Å²) in [6.07, 6.45) is 0. The molecule has 22 valence electrons. The average Bonchev–Trinajstić information content (AvgIpc) is 0.918. The fraction of sp³-hybridized carbons (Fsp3) is 0. The molecule has 4 heteroatoms. The molecule has 0 saturated carbocycles. The molecular weight excluding hydrogens is 216 g/mol. The van der Waals surface area contributed by atoms with Gasteiger partial charge in [0.05, 0.1) is 0 Å². The van der Waals surface area contributed by atoms with Crippen molar-refractivity contribution in [3.05, 3.63) is 0 Å². The second-order valence-corrected chi connectivity index (χ2v) is 0.105. The summed E-state index contributed by atoms with van der Waals surface area (Å²) in [6.45, 7) is -0.250. The first-order valence-electron chi connectivity index (χ1n) is 0.494. The molecule has 0 aromatic carbocycles. The van der Waals surface area contributed by atoms with Gasteiger partial charge in [-0.2, -0.15) is 0 Å². The third kappa shape index (κ3) is 19.1. The number of hydrogen-bond acceptors (Lipinski definition) is 1. The van der Waals surface area contributed by atoms with E-state index in [4.69, 9.17) is 9.90 Å². The van der Waals surface area contributed by atoms with Gasteiger partial charge in [0, 0.05) is 0 Å². The van der Waals surface area contributed by atoms with Crippen LogP contribution in [-0.4, -0.2) is 132 Å². The number of rotatable bonds is 0. The molecule has 0 rings (SSSR count). The SMILES string of the molecule is O=CO.[CsH].[KH]. The molecule has 0 saturated heterocycles. The molecule has 0 heterocycles. The van der Waals surface area contributed by atoms with Crippen LogP contribution in [0.15, 0.2) is 0 Å². The van der Waals surface area contributed by atoms with Crippen LogP contribution in [0, 0.1) is 0 Å². The zero-order valence-electron chi connectivity index (χ0n) is 1.43. The number of carboxylic acid groups (broad SMARTS) is 1. The zero-order valence-corrected chi connectivity index (χ0v) is 1.43. The Bertz CT molecular complexity index is 17.1. The fourth-order valence-electron chi connectivity index (χ4n) is 0. The molecule has 0 radical (unpaired) electrons. The summed E-state index contributed by atoms with van der Waals surface area (Å²) in [5.41, 5.74) is 0. The fourth-order valence-corrected chi connectivity index (χ4v) is 0. The summed E-state index contributed by atoms with van der Waals surface area (Å²) in [4.78, 5) is 8.36. The predicted molar refractivity (Wildman–Crippen MR) is 23.0 cm³/mol. The van der Waals surface area contributed by atoms with Crippen LogP contribution in [0.5, 0.6) is 0 Å². The Morgan fingerprint density at radius 2 is 1.60 bits per heavy atom. The van der Waals surface area contributed by atoms with Gasteiger partial charge in [0.1, 0.15) is 0 Å². The van der Waals surface area contributed by atoms with Crippen LogP contribution >= 0.6 is 0 Å². The van der Waals surface area contributed by atoms with Crippen molar-refractivity contribution in [2.24, 2.45) is 0 Å². The van der Waals surface area contributed by atoms with E-state index in [1.165, 1.54) is 0 Å². The molecule has 0 amide bonds. The minimum atomic E-state index is -0.250. The van der Waals surface area contributed by atoms with Gasteiger partial charge in [-0.15, -0.1) is 0 Å². The summed E-state index contributed by atoms with van der Waals surface area (Å²) >= 11 is 0. The molecule has 0 aliphatic rings. The van der Waals surface area contributed by atoms with E-state index in [1.54, 1.807) is 0 Å². The maximum atomic E-state index is 8.36. The molecule has 0 atom stereocenters. The van der Waals surface area contributed by atoms with E-state index in [2.05, 4.69) is 0 Å². The van der Waals surface area contributed by atoms with Crippen LogP contribution in [-0.2, 0) is 4.79 Å². The molecule has 0 aromatic heterocycles. The molecule has 5 heavy (non-hydrogen) atoms. The molecular formula is CH4CsKO2. The summed E-state index contributed by atoms with van der Waals surface area (Å²) in [6, 6.07) is 0. The van der Waals surface area contributed by atoms with Gasteiger partial charge >= 0.3 is 120 Å². The summed E-state index contributed by atoms with van der Waals surface area (Å²) in [5, 5.41) is 6.89. The topological polar surface area (TPSA) is 37.3 Å². The van der Waals surface area contributed by atoms with Crippen molar-refractivity contribution in [1.29, 1.82) is 0 Å². The second kappa shape index (κ2) is 15.7. The first-order chi connectivity index (χ1) is 1.41. The van der Waals surface area contributed by atoms with Crippen LogP contribution in [0.4, 0.5) is 0 Å². The van der Waals surface area contributed by atoms with Gasteiger partial charge in [-0.1, -0.05) is 0 Å². The van der Waals surface area contributed by atoms with E-state index in [-0.39, 0.29) is 127 Å². The normalized spacial score (nSPS) is 2.40. The summed E-state index contributed by atoms with van der Waals surface area (Å²) in [5.74, 6) is 0. The first kappa shape index (κ1) is 15.7. The van der Waals surface area contributed by atoms with Gasteiger partial charge in [0.15, 0.2) is 0 Å². The van der Waals surface area contributed by atoms with Gasteiger partial charge in [-0.25, -0.2) is 0 Å². The molecule has 0 aliphatic carbocycles. The van der Waals surface area contributed by atoms with Gasteiger partial charge < -0.3 is 5.11 Å². The molecule has 0 aromatic rings. The van der Waals surface area contributed by atoms with Crippen LogP contribution in [0.3, 0.4) is 0 Å². The molecule has 0 unspecified atom stereocenters. The van der Waals surface area contributed by atoms with Crippen molar-refractivity contribution in [2.45, 2.75) is 0 Å². The van der Waals surface area contributed by atoms with Crippen LogP contribution in [0.2, 0.25) is 0 Å². The van der Waals surface area contributed by atoms with Crippen LogP contribution in [0.25, 0.3) is 0 Å². The quantitative estimate of drug-likeness (QED) is 0.394. The Morgan fingerprint density at radius 1 is 1.60 bits per heavy atom. The Hall–Kier alpha value is 3.16. The standard InChI is InChI=1S/CH2O2.Cs.K.2H/c2-1-3;;;;/h1H,(H,2,3);;;;. The van der Waals surface area contributed by atoms with E-state index in [0.29, 0.717) is 0 Å². The first-order valence-corrected chi connectivity index (χ1v) is 0.494. The van der Waals surface area contributed by atoms with Crippen LogP contribution < -0.4 is 0 Å². The Balaban J connectivity index is -0.0000000200. The molecule has 0 fully saturated rings. The van der Waals surface area contributed by atoms with Crippen LogP contribution in [0.1, 0.15) is 0 Å². The van der Waals surface area contributed by atoms with E-state index in [0.717, 1.165) is 0 Å². The number of hydrogen-bond donors (Lipinski definition) is 1. The monoisotopic (exact) mass is 220 g/mol. The second-order valence-electron chi connectivity index (χ2n) is 0.105. The van der Waals surface area contributed by atoms with Crippen molar-refractivity contribution < 1.29 is 9.90 Å². The van der Waals surface area contributed by atoms with E-state index in [9.17, 15) is 0 Å². The maximum absolute atomic E-state index is 8.36. The van der Waals surface area contributed by atoms with Gasteiger partial charge in [-0.3, -0.25) is 4.79 Å². The average molecular weight is 220 g/mol. The Kier molecular flexibility index (Phi) is 49.3. The summed E-state index contributed by atoms with van der Waals surface area (Å²) < 4.78 is 0. The summed E-state index contributed by atoms with van der Waals surface area (Å²) in [7, 11) is 0. The van der Waals surface area contributed by atoms with Crippen molar-refractivity contribution >= 4 is 127 Å². The van der Waals surface area contributed by atoms with Gasteiger partial charge in [0.2, 0.25) is 0 Å². The van der Waals surface area contributed by atoms with E-state index in [1.807, 2.05) is 0 Å². The van der Waals surface area contributed by atoms with Crippen molar-refractivity contribution in [3.63, 3.8) is 0 Å². The van der Waals surface area contributed by atoms with E-state index < -0.39 is 0 Å². The van der Waals surface area contributed by atoms with Crippen molar-refractivity contribution in [1.82, 2.24) is 0 Å². The molecule has 0 spiro atoms. The van der Waals surface area contributed by atoms with Gasteiger partial charge in [0.25, 0.3) is 6.47 Å². The van der Waals surface area contributed by atoms with Crippen molar-refractivity contribution in [3.8, 4) is 0 Å². The molecule has 0 bridgehead atoms. The zero-order chi connectivity index (χ0) is 2.71. The third-order valence-corrected chi connectivity index (χ3v) is 0. The van der Waals surface area contributed by atoms with E-state index >= 15 is 0 Å². The third-order valence-electron chi connectivity index (χ3n) is 0. The van der Waals surface area contributed by atoms with Gasteiger partial charge in [-0.05, 0) is 0 Å². The number of carbonyl (C=O) groups is 1. The minimum absolute atomic E-state index is 0. The van der Waals surface area contributed by atoms with Crippen molar-refractivity contribution in [2.75, 3.05) is 0 Å². The Morgan fingerprint density at radius 3 is 1.60 bits per heavy atom. The molecule has 2 nitrogen and oxygen atoms in total. The molecule has 0 aliphatic heterocycles.